The fourth-order valence-corrected chi connectivity index (χ4v) is 2.70. The first-order chi connectivity index (χ1) is 9.54. The number of aliphatic hydroxyl groups is 1. The number of aromatic nitrogens is 2. The van der Waals surface area contributed by atoms with Gasteiger partial charge in [-0.2, -0.15) is 5.10 Å². The first kappa shape index (κ1) is 15.3. The van der Waals surface area contributed by atoms with Crippen LogP contribution in [0.5, 0.6) is 0 Å². The van der Waals surface area contributed by atoms with E-state index in [0.717, 1.165) is 18.8 Å². The van der Waals surface area contributed by atoms with Crippen LogP contribution in [-0.2, 0) is 13.6 Å². The molecular formula is C15H28N4O. The van der Waals surface area contributed by atoms with E-state index in [0.29, 0.717) is 18.5 Å². The number of nitrogens with one attached hydrogen (secondary N) is 1. The third kappa shape index (κ3) is 3.52. The van der Waals surface area contributed by atoms with Crippen LogP contribution in [0.25, 0.3) is 0 Å². The Kier molecular flexibility index (Phi) is 5.05. The fourth-order valence-electron chi connectivity index (χ4n) is 2.70. The highest BCUT2D eigenvalue weighted by Crippen LogP contribution is 2.34. The second-order valence-corrected chi connectivity index (χ2v) is 6.18. The molecule has 1 fully saturated rings. The Hall–Kier alpha value is -1.07. The van der Waals surface area contributed by atoms with Gasteiger partial charge in [-0.25, -0.2) is 0 Å². The van der Waals surface area contributed by atoms with Crippen LogP contribution in [0.15, 0.2) is 0 Å². The van der Waals surface area contributed by atoms with Crippen molar-refractivity contribution in [2.24, 2.45) is 13.0 Å². The summed E-state index contributed by atoms with van der Waals surface area (Å²) in [6.07, 6.45) is 2.45. The smallest absolute Gasteiger partial charge is 0.131 e. The van der Waals surface area contributed by atoms with E-state index < -0.39 is 0 Å². The molecule has 1 heterocycles. The van der Waals surface area contributed by atoms with E-state index in [2.05, 4.69) is 36.1 Å². The summed E-state index contributed by atoms with van der Waals surface area (Å²) in [6.45, 7) is 9.25. The van der Waals surface area contributed by atoms with Gasteiger partial charge in [0.2, 0.25) is 0 Å². The van der Waals surface area contributed by atoms with E-state index >= 15 is 0 Å². The second-order valence-electron chi connectivity index (χ2n) is 6.18. The topological polar surface area (TPSA) is 53.3 Å². The summed E-state index contributed by atoms with van der Waals surface area (Å²) in [4.78, 5) is 2.33. The lowest BCUT2D eigenvalue weighted by molar-refractivity contribution is 0.300. The monoisotopic (exact) mass is 280 g/mol. The second kappa shape index (κ2) is 6.59. The van der Waals surface area contributed by atoms with Crippen molar-refractivity contribution in [3.8, 4) is 0 Å². The maximum absolute atomic E-state index is 9.33. The summed E-state index contributed by atoms with van der Waals surface area (Å²) in [6, 6.07) is 0.584. The number of aryl methyl sites for hydroxylation is 2. The molecule has 0 unspecified atom stereocenters. The molecule has 0 aliphatic heterocycles. The van der Waals surface area contributed by atoms with Crippen LogP contribution in [0, 0.1) is 12.8 Å². The molecule has 0 bridgehead atoms. The molecule has 0 spiro atoms. The average molecular weight is 280 g/mol. The maximum atomic E-state index is 9.33. The molecule has 0 saturated heterocycles. The van der Waals surface area contributed by atoms with Crippen LogP contribution >= 0.6 is 0 Å². The van der Waals surface area contributed by atoms with Crippen molar-refractivity contribution >= 4 is 5.82 Å². The lowest BCUT2D eigenvalue weighted by Crippen LogP contribution is -2.32. The molecule has 1 aliphatic rings. The van der Waals surface area contributed by atoms with E-state index in [-0.39, 0.29) is 6.61 Å². The van der Waals surface area contributed by atoms with E-state index in [1.165, 1.54) is 24.2 Å². The van der Waals surface area contributed by atoms with Crippen molar-refractivity contribution in [3.05, 3.63) is 11.3 Å². The van der Waals surface area contributed by atoms with Crippen LogP contribution in [0.4, 0.5) is 5.82 Å². The molecule has 5 heteroatoms. The molecule has 20 heavy (non-hydrogen) atoms. The standard InChI is InChI=1S/C15H28N4O/c1-11(2)9-16-10-14-12(3)17-18(4)15(14)19(7-8-20)13-5-6-13/h11,13,16,20H,5-10H2,1-4H3. The highest BCUT2D eigenvalue weighted by atomic mass is 16.3. The average Bonchev–Trinajstić information content (AvgIpc) is 3.15. The molecular weight excluding hydrogens is 252 g/mol. The highest BCUT2D eigenvalue weighted by Gasteiger charge is 2.32. The molecule has 1 aromatic heterocycles. The van der Waals surface area contributed by atoms with Gasteiger partial charge in [-0.15, -0.1) is 0 Å². The molecule has 0 aromatic carbocycles. The number of rotatable bonds is 8. The largest absolute Gasteiger partial charge is 0.395 e. The van der Waals surface area contributed by atoms with E-state index in [1.807, 2.05) is 11.7 Å². The Morgan fingerprint density at radius 1 is 1.45 bits per heavy atom. The minimum absolute atomic E-state index is 0.194. The zero-order valence-electron chi connectivity index (χ0n) is 13.2. The van der Waals surface area contributed by atoms with E-state index in [9.17, 15) is 5.11 Å². The Balaban J connectivity index is 2.17. The molecule has 0 radical (unpaired) electrons. The summed E-state index contributed by atoms with van der Waals surface area (Å²) in [7, 11) is 2.00. The van der Waals surface area contributed by atoms with Crippen LogP contribution in [0.1, 0.15) is 37.9 Å². The van der Waals surface area contributed by atoms with Gasteiger partial charge >= 0.3 is 0 Å². The Bertz CT molecular complexity index is 437. The molecule has 1 aliphatic carbocycles. The van der Waals surface area contributed by atoms with Gasteiger partial charge in [-0.1, -0.05) is 13.8 Å². The lowest BCUT2D eigenvalue weighted by atomic mass is 10.2. The van der Waals surface area contributed by atoms with Crippen molar-refractivity contribution in [2.45, 2.75) is 46.2 Å². The van der Waals surface area contributed by atoms with Crippen molar-refractivity contribution in [1.29, 1.82) is 0 Å². The number of anilines is 1. The third-order valence-electron chi connectivity index (χ3n) is 3.77. The Labute approximate surface area is 122 Å². The van der Waals surface area contributed by atoms with Gasteiger partial charge in [0.15, 0.2) is 0 Å². The minimum Gasteiger partial charge on any atom is -0.395 e. The predicted octanol–water partition coefficient (Wildman–Crippen LogP) is 1.44. The van der Waals surface area contributed by atoms with Crippen molar-refractivity contribution < 1.29 is 5.11 Å². The van der Waals surface area contributed by atoms with E-state index in [1.54, 1.807) is 0 Å². The first-order valence-corrected chi connectivity index (χ1v) is 7.65. The highest BCUT2D eigenvalue weighted by molar-refractivity contribution is 5.52. The van der Waals surface area contributed by atoms with Gasteiger partial charge in [0.05, 0.1) is 12.3 Å². The van der Waals surface area contributed by atoms with Crippen LogP contribution in [-0.4, -0.2) is 40.6 Å². The van der Waals surface area contributed by atoms with Gasteiger partial charge in [0.25, 0.3) is 0 Å². The zero-order chi connectivity index (χ0) is 14.7. The van der Waals surface area contributed by atoms with Crippen LogP contribution in [0.3, 0.4) is 0 Å². The van der Waals surface area contributed by atoms with Gasteiger partial charge in [-0.3, -0.25) is 4.68 Å². The summed E-state index contributed by atoms with van der Waals surface area (Å²) in [5.41, 5.74) is 2.36. The molecule has 0 atom stereocenters. The molecule has 1 saturated carbocycles. The number of hydrogen-bond donors (Lipinski definition) is 2. The van der Waals surface area contributed by atoms with Crippen LogP contribution in [0.2, 0.25) is 0 Å². The van der Waals surface area contributed by atoms with E-state index in [4.69, 9.17) is 0 Å². The SMILES string of the molecule is Cc1nn(C)c(N(CCO)C2CC2)c1CNCC(C)C. The molecule has 2 rings (SSSR count). The molecule has 1 aromatic rings. The normalized spacial score (nSPS) is 15.1. The number of aliphatic hydroxyl groups excluding tert-OH is 1. The summed E-state index contributed by atoms with van der Waals surface area (Å²) >= 11 is 0. The minimum atomic E-state index is 0.194. The summed E-state index contributed by atoms with van der Waals surface area (Å²) in [5.74, 6) is 1.82. The molecule has 2 N–H and O–H groups in total. The van der Waals surface area contributed by atoms with Gasteiger partial charge < -0.3 is 15.3 Å². The maximum Gasteiger partial charge on any atom is 0.131 e. The lowest BCUT2D eigenvalue weighted by Gasteiger charge is -2.25. The third-order valence-corrected chi connectivity index (χ3v) is 3.77. The molecule has 5 nitrogen and oxygen atoms in total. The Morgan fingerprint density at radius 2 is 2.15 bits per heavy atom. The molecule has 114 valence electrons. The summed E-state index contributed by atoms with van der Waals surface area (Å²) < 4.78 is 1.97. The number of nitrogens with zero attached hydrogens (tertiary/aromatic N) is 3. The first-order valence-electron chi connectivity index (χ1n) is 7.65. The van der Waals surface area contributed by atoms with Gasteiger partial charge in [0.1, 0.15) is 5.82 Å². The van der Waals surface area contributed by atoms with Gasteiger partial charge in [0, 0.05) is 31.7 Å². The van der Waals surface area contributed by atoms with Crippen molar-refractivity contribution in [3.63, 3.8) is 0 Å². The zero-order valence-corrected chi connectivity index (χ0v) is 13.2. The fraction of sp³-hybridized carbons (Fsp3) is 0.800. The molecule has 0 amide bonds. The summed E-state index contributed by atoms with van der Waals surface area (Å²) in [5, 5.41) is 17.4. The number of hydrogen-bond acceptors (Lipinski definition) is 4. The van der Waals surface area contributed by atoms with Crippen LogP contribution < -0.4 is 10.2 Å². The van der Waals surface area contributed by atoms with Crippen molar-refractivity contribution in [1.82, 2.24) is 15.1 Å². The Morgan fingerprint density at radius 3 is 2.70 bits per heavy atom. The van der Waals surface area contributed by atoms with Gasteiger partial charge in [-0.05, 0) is 32.2 Å². The quantitative estimate of drug-likeness (QED) is 0.756. The predicted molar refractivity (Wildman–Crippen MR) is 81.9 cm³/mol. The van der Waals surface area contributed by atoms with Crippen molar-refractivity contribution in [2.75, 3.05) is 24.6 Å².